The summed E-state index contributed by atoms with van der Waals surface area (Å²) >= 11 is 0. The molecule has 0 saturated heterocycles. The predicted octanol–water partition coefficient (Wildman–Crippen LogP) is 2.69. The Hall–Kier alpha value is -1.64. The zero-order chi connectivity index (χ0) is 11.3. The highest BCUT2D eigenvalue weighted by molar-refractivity contribution is 5.59. The van der Waals surface area contributed by atoms with Crippen molar-refractivity contribution in [3.05, 3.63) is 30.9 Å². The molecule has 0 radical (unpaired) electrons. The molecule has 1 aromatic rings. The van der Waals surface area contributed by atoms with E-state index >= 15 is 0 Å². The third-order valence-electron chi connectivity index (χ3n) is 2.15. The normalized spacial score (nSPS) is 11.7. The molecule has 0 aliphatic carbocycles. The summed E-state index contributed by atoms with van der Waals surface area (Å²) in [6, 6.07) is 5.86. The third-order valence-corrected chi connectivity index (χ3v) is 2.15. The van der Waals surface area contributed by atoms with Gasteiger partial charge in [0.15, 0.2) is 0 Å². The molecule has 0 aliphatic heterocycles. The van der Waals surface area contributed by atoms with Gasteiger partial charge in [-0.05, 0) is 19.1 Å². The van der Waals surface area contributed by atoms with Crippen molar-refractivity contribution in [2.24, 2.45) is 0 Å². The topological polar surface area (TPSA) is 30.5 Å². The number of benzene rings is 1. The molecule has 0 aliphatic rings. The Balaban J connectivity index is 2.91. The van der Waals surface area contributed by atoms with Crippen molar-refractivity contribution in [2.45, 2.75) is 13.0 Å². The lowest BCUT2D eigenvalue weighted by Gasteiger charge is -2.15. The summed E-state index contributed by atoms with van der Waals surface area (Å²) in [7, 11) is 3.27. The van der Waals surface area contributed by atoms with Crippen LogP contribution in [-0.4, -0.2) is 20.3 Å². The minimum Gasteiger partial charge on any atom is -0.497 e. The highest BCUT2D eigenvalue weighted by Gasteiger charge is 2.05. The summed E-state index contributed by atoms with van der Waals surface area (Å²) in [6.45, 7) is 5.74. The molecule has 0 aromatic heterocycles. The molecule has 0 spiro atoms. The van der Waals surface area contributed by atoms with Crippen LogP contribution in [0.15, 0.2) is 30.9 Å². The van der Waals surface area contributed by atoms with Gasteiger partial charge in [0.25, 0.3) is 0 Å². The van der Waals surface area contributed by atoms with E-state index in [9.17, 15) is 0 Å². The van der Waals surface area contributed by atoms with E-state index in [1.54, 1.807) is 14.2 Å². The van der Waals surface area contributed by atoms with Gasteiger partial charge in [-0.15, -0.1) is 6.58 Å². The highest BCUT2D eigenvalue weighted by atomic mass is 16.5. The Bertz CT molecular complexity index is 336. The Kier molecular flexibility index (Phi) is 4.03. The number of hydrogen-bond acceptors (Lipinski definition) is 3. The van der Waals surface area contributed by atoms with Crippen LogP contribution in [0.3, 0.4) is 0 Å². The fraction of sp³-hybridized carbons (Fsp3) is 0.333. The van der Waals surface area contributed by atoms with Crippen molar-refractivity contribution < 1.29 is 9.47 Å². The van der Waals surface area contributed by atoms with Crippen LogP contribution in [0.25, 0.3) is 0 Å². The summed E-state index contributed by atoms with van der Waals surface area (Å²) in [5, 5.41) is 3.26. The van der Waals surface area contributed by atoms with Crippen LogP contribution in [-0.2, 0) is 0 Å². The third kappa shape index (κ3) is 2.91. The van der Waals surface area contributed by atoms with Crippen molar-refractivity contribution >= 4 is 5.69 Å². The van der Waals surface area contributed by atoms with E-state index in [1.807, 2.05) is 31.2 Å². The standard InChI is InChI=1S/C12H17NO2/c1-5-9(2)13-11-7-6-10(14-3)8-12(11)15-4/h5-9,13H,1H2,2-4H3. The van der Waals surface area contributed by atoms with Crippen LogP contribution in [0.2, 0.25) is 0 Å². The van der Waals surface area contributed by atoms with Gasteiger partial charge in [-0.3, -0.25) is 0 Å². The van der Waals surface area contributed by atoms with Gasteiger partial charge in [0.2, 0.25) is 0 Å². The van der Waals surface area contributed by atoms with Crippen molar-refractivity contribution in [3.63, 3.8) is 0 Å². The van der Waals surface area contributed by atoms with E-state index in [0.29, 0.717) is 0 Å². The molecule has 1 rings (SSSR count). The molecule has 1 unspecified atom stereocenters. The molecule has 0 saturated carbocycles. The number of rotatable bonds is 5. The number of methoxy groups -OCH3 is 2. The Morgan fingerprint density at radius 3 is 2.60 bits per heavy atom. The van der Waals surface area contributed by atoms with Crippen LogP contribution in [0.5, 0.6) is 11.5 Å². The first-order valence-electron chi connectivity index (χ1n) is 4.82. The second kappa shape index (κ2) is 5.29. The molecule has 82 valence electrons. The van der Waals surface area contributed by atoms with Gasteiger partial charge in [-0.25, -0.2) is 0 Å². The monoisotopic (exact) mass is 207 g/mol. The fourth-order valence-corrected chi connectivity index (χ4v) is 1.22. The minimum atomic E-state index is 0.201. The maximum atomic E-state index is 5.26. The van der Waals surface area contributed by atoms with Crippen LogP contribution in [0.1, 0.15) is 6.92 Å². The molecule has 0 heterocycles. The quantitative estimate of drug-likeness (QED) is 0.753. The van der Waals surface area contributed by atoms with E-state index in [-0.39, 0.29) is 6.04 Å². The van der Waals surface area contributed by atoms with Gasteiger partial charge < -0.3 is 14.8 Å². The van der Waals surface area contributed by atoms with E-state index in [0.717, 1.165) is 17.2 Å². The Labute approximate surface area is 90.7 Å². The second-order valence-electron chi connectivity index (χ2n) is 3.23. The number of anilines is 1. The summed E-state index contributed by atoms with van der Waals surface area (Å²) in [5.41, 5.74) is 0.936. The Morgan fingerprint density at radius 2 is 2.07 bits per heavy atom. The first-order valence-corrected chi connectivity index (χ1v) is 4.82. The van der Waals surface area contributed by atoms with Crippen molar-refractivity contribution in [1.29, 1.82) is 0 Å². The SMILES string of the molecule is C=CC(C)Nc1ccc(OC)cc1OC. The van der Waals surface area contributed by atoms with Crippen LogP contribution < -0.4 is 14.8 Å². The van der Waals surface area contributed by atoms with Crippen molar-refractivity contribution in [2.75, 3.05) is 19.5 Å². The van der Waals surface area contributed by atoms with E-state index in [2.05, 4.69) is 11.9 Å². The first kappa shape index (κ1) is 11.4. The average Bonchev–Trinajstić information content (AvgIpc) is 2.29. The molecule has 1 atom stereocenters. The van der Waals surface area contributed by atoms with Crippen molar-refractivity contribution in [3.8, 4) is 11.5 Å². The predicted molar refractivity (Wildman–Crippen MR) is 62.8 cm³/mol. The molecule has 0 amide bonds. The molecule has 15 heavy (non-hydrogen) atoms. The largest absolute Gasteiger partial charge is 0.497 e. The summed E-state index contributed by atoms with van der Waals surface area (Å²) in [6.07, 6.45) is 1.84. The molecule has 0 bridgehead atoms. The van der Waals surface area contributed by atoms with Crippen LogP contribution >= 0.6 is 0 Å². The second-order valence-corrected chi connectivity index (χ2v) is 3.23. The maximum absolute atomic E-state index is 5.26. The van der Waals surface area contributed by atoms with Gasteiger partial charge in [-0.1, -0.05) is 6.08 Å². The van der Waals surface area contributed by atoms with E-state index in [1.165, 1.54) is 0 Å². The summed E-state index contributed by atoms with van der Waals surface area (Å²) in [4.78, 5) is 0. The Morgan fingerprint density at radius 1 is 1.33 bits per heavy atom. The van der Waals surface area contributed by atoms with Gasteiger partial charge in [0.05, 0.1) is 19.9 Å². The van der Waals surface area contributed by atoms with Crippen molar-refractivity contribution in [1.82, 2.24) is 0 Å². The van der Waals surface area contributed by atoms with Crippen LogP contribution in [0, 0.1) is 0 Å². The first-order chi connectivity index (χ1) is 7.21. The molecule has 3 heteroatoms. The highest BCUT2D eigenvalue weighted by Crippen LogP contribution is 2.29. The van der Waals surface area contributed by atoms with Gasteiger partial charge in [-0.2, -0.15) is 0 Å². The molecule has 0 fully saturated rings. The van der Waals surface area contributed by atoms with E-state index in [4.69, 9.17) is 9.47 Å². The van der Waals surface area contributed by atoms with Crippen LogP contribution in [0.4, 0.5) is 5.69 Å². The lowest BCUT2D eigenvalue weighted by molar-refractivity contribution is 0.395. The smallest absolute Gasteiger partial charge is 0.145 e. The molecule has 1 aromatic carbocycles. The van der Waals surface area contributed by atoms with Gasteiger partial charge in [0, 0.05) is 12.1 Å². The minimum absolute atomic E-state index is 0.201. The number of ether oxygens (including phenoxy) is 2. The van der Waals surface area contributed by atoms with E-state index < -0.39 is 0 Å². The summed E-state index contributed by atoms with van der Waals surface area (Å²) < 4.78 is 10.4. The van der Waals surface area contributed by atoms with Gasteiger partial charge >= 0.3 is 0 Å². The molecular weight excluding hydrogens is 190 g/mol. The average molecular weight is 207 g/mol. The van der Waals surface area contributed by atoms with Gasteiger partial charge in [0.1, 0.15) is 11.5 Å². The molecule has 1 N–H and O–H groups in total. The number of hydrogen-bond donors (Lipinski definition) is 1. The zero-order valence-corrected chi connectivity index (χ0v) is 9.41. The fourth-order valence-electron chi connectivity index (χ4n) is 1.22. The molecule has 3 nitrogen and oxygen atoms in total. The lowest BCUT2D eigenvalue weighted by Crippen LogP contribution is -2.11. The lowest BCUT2D eigenvalue weighted by atomic mass is 10.2. The maximum Gasteiger partial charge on any atom is 0.145 e. The number of nitrogens with one attached hydrogen (secondary N) is 1. The zero-order valence-electron chi connectivity index (χ0n) is 9.41. The molecular formula is C12H17NO2. The summed E-state index contributed by atoms with van der Waals surface area (Å²) in [5.74, 6) is 1.55.